The maximum absolute atomic E-state index is 11.9. The van der Waals surface area contributed by atoms with E-state index in [1.807, 2.05) is 6.92 Å². The molecule has 2 amide bonds. The number of rotatable bonds is 6. The van der Waals surface area contributed by atoms with Crippen LogP contribution in [0.3, 0.4) is 0 Å². The molecule has 0 aromatic carbocycles. The number of hydrogen-bond donors (Lipinski definition) is 2. The lowest BCUT2D eigenvalue weighted by Gasteiger charge is -2.32. The van der Waals surface area contributed by atoms with E-state index in [4.69, 9.17) is 5.73 Å². The molecule has 4 heteroatoms. The van der Waals surface area contributed by atoms with Crippen molar-refractivity contribution in [1.29, 1.82) is 0 Å². The van der Waals surface area contributed by atoms with E-state index in [2.05, 4.69) is 5.32 Å². The Balaban J connectivity index is 2.86. The third kappa shape index (κ3) is 2.54. The summed E-state index contributed by atoms with van der Waals surface area (Å²) in [4.78, 5) is 23.4. The number of carbonyl (C=O) groups excluding carboxylic acids is 2. The van der Waals surface area contributed by atoms with Crippen molar-refractivity contribution >= 4 is 11.8 Å². The molecule has 1 saturated carbocycles. The van der Waals surface area contributed by atoms with E-state index in [-0.39, 0.29) is 17.7 Å². The molecule has 0 spiro atoms. The quantitative estimate of drug-likeness (QED) is 0.710. The maximum atomic E-state index is 11.9. The van der Waals surface area contributed by atoms with Gasteiger partial charge in [-0.05, 0) is 18.8 Å². The fourth-order valence-electron chi connectivity index (χ4n) is 2.11. The minimum absolute atomic E-state index is 0.0601. The van der Waals surface area contributed by atoms with Crippen molar-refractivity contribution in [1.82, 2.24) is 5.32 Å². The number of hydrogen-bond acceptors (Lipinski definition) is 2. The molecule has 1 aliphatic carbocycles. The molecule has 1 aliphatic rings. The van der Waals surface area contributed by atoms with Crippen LogP contribution < -0.4 is 11.1 Å². The highest BCUT2D eigenvalue weighted by atomic mass is 16.2. The van der Waals surface area contributed by atoms with Crippen LogP contribution in [0.25, 0.3) is 0 Å². The summed E-state index contributed by atoms with van der Waals surface area (Å²) in [6.07, 6.45) is 3.73. The van der Waals surface area contributed by atoms with Crippen LogP contribution in [0.4, 0.5) is 0 Å². The fourth-order valence-corrected chi connectivity index (χ4v) is 2.11. The Morgan fingerprint density at radius 3 is 2.38 bits per heavy atom. The third-order valence-electron chi connectivity index (χ3n) is 3.90. The Bertz CT molecular complexity index is 287. The predicted molar refractivity (Wildman–Crippen MR) is 62.5 cm³/mol. The van der Waals surface area contributed by atoms with Crippen LogP contribution in [0.5, 0.6) is 0 Å². The lowest BCUT2D eigenvalue weighted by atomic mass is 9.71. The van der Waals surface area contributed by atoms with Crippen molar-refractivity contribution in [3.63, 3.8) is 0 Å². The van der Waals surface area contributed by atoms with E-state index < -0.39 is 5.41 Å². The molecule has 0 bridgehead atoms. The highest BCUT2D eigenvalue weighted by molar-refractivity contribution is 5.89. The fraction of sp³-hybridized carbons (Fsp3) is 0.833. The Morgan fingerprint density at radius 2 is 2.06 bits per heavy atom. The highest BCUT2D eigenvalue weighted by Crippen LogP contribution is 2.42. The van der Waals surface area contributed by atoms with Crippen molar-refractivity contribution < 1.29 is 9.59 Å². The third-order valence-corrected chi connectivity index (χ3v) is 3.90. The number of carbonyl (C=O) groups is 2. The first kappa shape index (κ1) is 13.0. The lowest BCUT2D eigenvalue weighted by Crippen LogP contribution is -2.47. The molecule has 1 rings (SSSR count). The van der Waals surface area contributed by atoms with E-state index in [0.29, 0.717) is 12.3 Å². The molecule has 0 aliphatic heterocycles. The van der Waals surface area contributed by atoms with Gasteiger partial charge in [0.05, 0.1) is 11.3 Å². The van der Waals surface area contributed by atoms with Crippen LogP contribution in [0.1, 0.15) is 39.5 Å². The molecule has 0 aromatic heterocycles. The monoisotopic (exact) mass is 226 g/mol. The molecule has 3 N–H and O–H groups in total. The van der Waals surface area contributed by atoms with Crippen LogP contribution in [0, 0.1) is 17.3 Å². The first-order valence-corrected chi connectivity index (χ1v) is 5.97. The second kappa shape index (κ2) is 4.85. The summed E-state index contributed by atoms with van der Waals surface area (Å²) in [7, 11) is 1.61. The molecule has 2 unspecified atom stereocenters. The molecule has 0 saturated heterocycles. The van der Waals surface area contributed by atoms with Crippen LogP contribution in [0.2, 0.25) is 0 Å². The zero-order valence-electron chi connectivity index (χ0n) is 10.4. The number of nitrogens with two attached hydrogens (primary N) is 1. The average Bonchev–Trinajstić information content (AvgIpc) is 3.07. The second-order valence-corrected chi connectivity index (χ2v) is 4.98. The van der Waals surface area contributed by atoms with Crippen molar-refractivity contribution in [2.45, 2.75) is 39.5 Å². The van der Waals surface area contributed by atoms with Gasteiger partial charge in [0, 0.05) is 7.05 Å². The minimum Gasteiger partial charge on any atom is -0.369 e. The van der Waals surface area contributed by atoms with Crippen LogP contribution in [-0.2, 0) is 9.59 Å². The van der Waals surface area contributed by atoms with Gasteiger partial charge in [-0.3, -0.25) is 9.59 Å². The Morgan fingerprint density at radius 1 is 1.50 bits per heavy atom. The van der Waals surface area contributed by atoms with Crippen molar-refractivity contribution in [3.8, 4) is 0 Å². The summed E-state index contributed by atoms with van der Waals surface area (Å²) in [5.41, 5.74) is 4.73. The van der Waals surface area contributed by atoms with E-state index >= 15 is 0 Å². The Hall–Kier alpha value is -1.06. The Kier molecular flexibility index (Phi) is 3.94. The number of amides is 2. The summed E-state index contributed by atoms with van der Waals surface area (Å²) in [5.74, 6) is -0.112. The van der Waals surface area contributed by atoms with Gasteiger partial charge in [-0.1, -0.05) is 26.7 Å². The first-order chi connectivity index (χ1) is 7.45. The van der Waals surface area contributed by atoms with Gasteiger partial charge in [-0.25, -0.2) is 0 Å². The lowest BCUT2D eigenvalue weighted by molar-refractivity contribution is -0.140. The van der Waals surface area contributed by atoms with E-state index in [0.717, 1.165) is 6.42 Å². The zero-order chi connectivity index (χ0) is 12.3. The molecule has 0 heterocycles. The van der Waals surface area contributed by atoms with Crippen molar-refractivity contribution in [3.05, 3.63) is 0 Å². The van der Waals surface area contributed by atoms with E-state index in [9.17, 15) is 9.59 Å². The topological polar surface area (TPSA) is 72.2 Å². The molecular weight excluding hydrogens is 204 g/mol. The van der Waals surface area contributed by atoms with Gasteiger partial charge in [0.2, 0.25) is 11.8 Å². The molecule has 16 heavy (non-hydrogen) atoms. The summed E-state index contributed by atoms with van der Waals surface area (Å²) >= 11 is 0. The molecule has 0 aromatic rings. The average molecular weight is 226 g/mol. The molecule has 1 fully saturated rings. The smallest absolute Gasteiger partial charge is 0.224 e. The summed E-state index contributed by atoms with van der Waals surface area (Å²) in [5, 5.41) is 2.65. The Labute approximate surface area is 97.0 Å². The molecule has 0 radical (unpaired) electrons. The number of nitrogens with one attached hydrogen (secondary N) is 1. The van der Waals surface area contributed by atoms with Crippen LogP contribution in [-0.4, -0.2) is 18.9 Å². The maximum Gasteiger partial charge on any atom is 0.224 e. The van der Waals surface area contributed by atoms with Crippen LogP contribution in [0.15, 0.2) is 0 Å². The second-order valence-electron chi connectivity index (χ2n) is 4.98. The standard InChI is InChI=1S/C12H22N2O2/c1-4-12(2,11(13)16)9(10(15)14-3)7-8-5-6-8/h8-9H,4-7H2,1-3H3,(H2,13,16)(H,14,15). The zero-order valence-corrected chi connectivity index (χ0v) is 10.4. The first-order valence-electron chi connectivity index (χ1n) is 5.97. The summed E-state index contributed by atoms with van der Waals surface area (Å²) < 4.78 is 0. The van der Waals surface area contributed by atoms with Gasteiger partial charge in [0.1, 0.15) is 0 Å². The molecule has 92 valence electrons. The highest BCUT2D eigenvalue weighted by Gasteiger charge is 2.44. The van der Waals surface area contributed by atoms with Gasteiger partial charge >= 0.3 is 0 Å². The van der Waals surface area contributed by atoms with Gasteiger partial charge < -0.3 is 11.1 Å². The van der Waals surface area contributed by atoms with Gasteiger partial charge in [-0.15, -0.1) is 0 Å². The number of primary amides is 1. The molecule has 2 atom stereocenters. The van der Waals surface area contributed by atoms with Crippen LogP contribution >= 0.6 is 0 Å². The molecule has 4 nitrogen and oxygen atoms in total. The minimum atomic E-state index is -0.720. The van der Waals surface area contributed by atoms with Gasteiger partial charge in [-0.2, -0.15) is 0 Å². The summed E-state index contributed by atoms with van der Waals surface area (Å²) in [6.45, 7) is 3.71. The predicted octanol–water partition coefficient (Wildman–Crippen LogP) is 1.05. The van der Waals surface area contributed by atoms with Gasteiger partial charge in [0.15, 0.2) is 0 Å². The SMILES string of the molecule is CCC(C)(C(N)=O)C(CC1CC1)C(=O)NC. The van der Waals surface area contributed by atoms with Crippen molar-refractivity contribution in [2.75, 3.05) is 7.05 Å². The normalized spacial score (nSPS) is 20.9. The largest absolute Gasteiger partial charge is 0.369 e. The molecular formula is C12H22N2O2. The summed E-state index contributed by atoms with van der Waals surface area (Å²) in [6, 6.07) is 0. The van der Waals surface area contributed by atoms with Crippen molar-refractivity contribution in [2.24, 2.45) is 23.0 Å². The van der Waals surface area contributed by atoms with E-state index in [1.54, 1.807) is 14.0 Å². The van der Waals surface area contributed by atoms with E-state index in [1.165, 1.54) is 12.8 Å². The van der Waals surface area contributed by atoms with Gasteiger partial charge in [0.25, 0.3) is 0 Å².